The molecule has 2 fully saturated rings. The minimum atomic E-state index is -0.868. The second kappa shape index (κ2) is 19.7. The zero-order valence-electron chi connectivity index (χ0n) is 31.1. The van der Waals surface area contributed by atoms with Crippen LogP contribution in [0, 0.1) is 0 Å². The highest BCUT2D eigenvalue weighted by Gasteiger charge is 2.37. The molecule has 19 heteroatoms. The van der Waals surface area contributed by atoms with Crippen LogP contribution >= 0.6 is 0 Å². The van der Waals surface area contributed by atoms with Gasteiger partial charge in [-0.25, -0.2) is 19.2 Å². The van der Waals surface area contributed by atoms with Crippen molar-refractivity contribution in [3.05, 3.63) is 59.7 Å². The number of amides is 10. The van der Waals surface area contributed by atoms with Crippen molar-refractivity contribution in [1.82, 2.24) is 40.9 Å². The molecule has 0 aromatic heterocycles. The largest absolute Gasteiger partial charge is 0.412 e. The maximum absolute atomic E-state index is 12.6. The molecule has 4 rings (SSSR count). The molecule has 2 aromatic carbocycles. The molecule has 0 bridgehead atoms. The first-order valence-electron chi connectivity index (χ1n) is 17.8. The molecule has 0 spiro atoms. The Morgan fingerprint density at radius 2 is 0.945 bits per heavy atom. The number of carbonyl (C=O) groups is 8. The Hall–Kier alpha value is -6.24. The zero-order valence-corrected chi connectivity index (χ0v) is 31.1. The second-order valence-electron chi connectivity index (χ2n) is 12.4. The number of hydrogen-bond acceptors (Lipinski definition) is 11. The molecule has 2 aliphatic rings. The minimum absolute atomic E-state index is 0.107. The summed E-state index contributed by atoms with van der Waals surface area (Å²) in [5, 5.41) is 10.5. The molecule has 19 nitrogen and oxygen atoms in total. The summed E-state index contributed by atoms with van der Waals surface area (Å²) in [6, 6.07) is 10.5. The number of ether oxygens (including phenoxy) is 3. The molecule has 55 heavy (non-hydrogen) atoms. The Kier molecular flexibility index (Phi) is 14.9. The van der Waals surface area contributed by atoms with Crippen molar-refractivity contribution < 1.29 is 52.6 Å². The first-order valence-corrected chi connectivity index (χ1v) is 17.8. The number of urea groups is 2. The summed E-state index contributed by atoms with van der Waals surface area (Å²) in [5.41, 5.74) is 1.36. The van der Waals surface area contributed by atoms with Crippen LogP contribution in [0.1, 0.15) is 50.9 Å². The summed E-state index contributed by atoms with van der Waals surface area (Å²) in [5.74, 6) is -2.65. The second-order valence-corrected chi connectivity index (χ2v) is 12.4. The molecule has 2 aromatic rings. The Morgan fingerprint density at radius 1 is 0.582 bits per heavy atom. The number of benzene rings is 2. The van der Waals surface area contributed by atoms with Gasteiger partial charge in [-0.3, -0.25) is 29.0 Å². The standard InChI is InChI=1S/C36H46N8O11/c1-5-41-17-19-43(31(47)29(41)45)33(49)39-23(3)25-7-11-27(12-8-25)54-35(51)37-15-21-53-22-16-38-36(52)55-28-13-9-26(10-14-28)24(4)40-34(50)44-20-18-42(6-2)30(46)32(44)48/h7-14,23-24H,5-6,15-22H2,1-4H3,(H,37,51)(H,38,52)(H,39,49)(H,40,50). The molecule has 0 saturated carbocycles. The quantitative estimate of drug-likeness (QED) is 0.159. The lowest BCUT2D eigenvalue weighted by atomic mass is 10.1. The minimum Gasteiger partial charge on any atom is -0.410 e. The average Bonchev–Trinajstić information content (AvgIpc) is 3.16. The van der Waals surface area contributed by atoms with Gasteiger partial charge in [0.2, 0.25) is 0 Å². The molecule has 2 unspecified atom stereocenters. The van der Waals surface area contributed by atoms with E-state index in [1.165, 1.54) is 9.80 Å². The summed E-state index contributed by atoms with van der Waals surface area (Å²) in [6.07, 6.45) is -1.43. The smallest absolute Gasteiger partial charge is 0.410 e. The van der Waals surface area contributed by atoms with Crippen LogP contribution in [0.25, 0.3) is 0 Å². The van der Waals surface area contributed by atoms with Crippen LogP contribution in [0.2, 0.25) is 0 Å². The van der Waals surface area contributed by atoms with Gasteiger partial charge in [-0.1, -0.05) is 24.3 Å². The highest BCUT2D eigenvalue weighted by Crippen LogP contribution is 2.20. The number of piperazine rings is 2. The third-order valence-corrected chi connectivity index (χ3v) is 8.76. The van der Waals surface area contributed by atoms with Crippen LogP contribution < -0.4 is 30.7 Å². The molecule has 0 aliphatic carbocycles. The van der Waals surface area contributed by atoms with E-state index in [1.54, 1.807) is 76.2 Å². The van der Waals surface area contributed by atoms with Gasteiger partial charge in [0.25, 0.3) is 0 Å². The molecule has 0 radical (unpaired) electrons. The van der Waals surface area contributed by atoms with E-state index < -0.39 is 60.0 Å². The average molecular weight is 767 g/mol. The molecule has 2 saturated heterocycles. The van der Waals surface area contributed by atoms with Gasteiger partial charge in [0.1, 0.15) is 11.5 Å². The van der Waals surface area contributed by atoms with E-state index in [-0.39, 0.29) is 64.0 Å². The van der Waals surface area contributed by atoms with Crippen LogP contribution in [0.3, 0.4) is 0 Å². The maximum atomic E-state index is 12.6. The fraction of sp³-hybridized carbons (Fsp3) is 0.444. The first-order chi connectivity index (χ1) is 26.3. The molecule has 2 aliphatic heterocycles. The number of hydrogen-bond donors (Lipinski definition) is 4. The van der Waals surface area contributed by atoms with Crippen molar-refractivity contribution in [2.24, 2.45) is 0 Å². The molecule has 2 atom stereocenters. The number of nitrogens with zero attached hydrogens (tertiary/aromatic N) is 4. The molecular weight excluding hydrogens is 720 g/mol. The van der Waals surface area contributed by atoms with E-state index in [9.17, 15) is 38.4 Å². The Balaban J connectivity index is 1.06. The number of likely N-dealkylation sites (N-methyl/N-ethyl adjacent to an activating group) is 2. The van der Waals surface area contributed by atoms with Crippen LogP contribution in [0.4, 0.5) is 19.2 Å². The van der Waals surface area contributed by atoms with Gasteiger partial charge < -0.3 is 45.3 Å². The summed E-state index contributed by atoms with van der Waals surface area (Å²) in [4.78, 5) is 103. The van der Waals surface area contributed by atoms with Crippen molar-refractivity contribution in [2.75, 3.05) is 65.6 Å². The van der Waals surface area contributed by atoms with E-state index in [1.807, 2.05) is 0 Å². The van der Waals surface area contributed by atoms with Crippen molar-refractivity contribution in [2.45, 2.75) is 39.8 Å². The maximum Gasteiger partial charge on any atom is 0.412 e. The summed E-state index contributed by atoms with van der Waals surface area (Å²) in [6.45, 7) is 9.03. The highest BCUT2D eigenvalue weighted by molar-refractivity contribution is 6.38. The normalized spacial score (nSPS) is 15.6. The Labute approximate surface area is 317 Å². The molecular formula is C36H46N8O11. The zero-order chi connectivity index (χ0) is 40.1. The fourth-order valence-corrected chi connectivity index (χ4v) is 5.52. The fourth-order valence-electron chi connectivity index (χ4n) is 5.52. The van der Waals surface area contributed by atoms with Gasteiger partial charge in [0, 0.05) is 52.4 Å². The molecule has 296 valence electrons. The van der Waals surface area contributed by atoms with E-state index in [4.69, 9.17) is 14.2 Å². The lowest BCUT2D eigenvalue weighted by Gasteiger charge is -2.32. The Morgan fingerprint density at radius 3 is 1.29 bits per heavy atom. The van der Waals surface area contributed by atoms with Gasteiger partial charge in [-0.2, -0.15) is 0 Å². The summed E-state index contributed by atoms with van der Waals surface area (Å²) >= 11 is 0. The third-order valence-electron chi connectivity index (χ3n) is 8.76. The van der Waals surface area contributed by atoms with Crippen LogP contribution in [0.5, 0.6) is 11.5 Å². The SMILES string of the molecule is CCN1CCN(C(=O)NC(C)c2ccc(OC(=O)NCCOCCNC(=O)Oc3ccc(C(C)NC(=O)N4CCN(CC)C(=O)C4=O)cc3)cc2)C(=O)C1=O. The number of carbonyl (C=O) groups excluding carboxylic acids is 8. The van der Waals surface area contributed by atoms with Crippen LogP contribution in [-0.2, 0) is 23.9 Å². The number of rotatable bonds is 14. The lowest BCUT2D eigenvalue weighted by Crippen LogP contribution is -2.58. The lowest BCUT2D eigenvalue weighted by molar-refractivity contribution is -0.153. The number of nitrogens with one attached hydrogen (secondary N) is 4. The summed E-state index contributed by atoms with van der Waals surface area (Å²) < 4.78 is 15.9. The van der Waals surface area contributed by atoms with Crippen molar-refractivity contribution in [3.63, 3.8) is 0 Å². The van der Waals surface area contributed by atoms with E-state index >= 15 is 0 Å². The van der Waals surface area contributed by atoms with Gasteiger partial charge >= 0.3 is 47.9 Å². The van der Waals surface area contributed by atoms with E-state index in [0.717, 1.165) is 9.80 Å². The topological polar surface area (TPSA) is 225 Å². The predicted molar refractivity (Wildman–Crippen MR) is 194 cm³/mol. The predicted octanol–water partition coefficient (Wildman–Crippen LogP) is 1.50. The highest BCUT2D eigenvalue weighted by atomic mass is 16.6. The van der Waals surface area contributed by atoms with Crippen molar-refractivity contribution >= 4 is 47.9 Å². The van der Waals surface area contributed by atoms with E-state index in [0.29, 0.717) is 24.2 Å². The van der Waals surface area contributed by atoms with Crippen LogP contribution in [0.15, 0.2) is 48.5 Å². The molecule has 2 heterocycles. The van der Waals surface area contributed by atoms with Gasteiger partial charge in [-0.15, -0.1) is 0 Å². The number of imide groups is 2. The van der Waals surface area contributed by atoms with Crippen molar-refractivity contribution in [1.29, 1.82) is 0 Å². The third kappa shape index (κ3) is 11.4. The molecule has 10 amide bonds. The monoisotopic (exact) mass is 766 g/mol. The van der Waals surface area contributed by atoms with Crippen LogP contribution in [-0.4, -0.2) is 133 Å². The first kappa shape index (κ1) is 41.5. The van der Waals surface area contributed by atoms with Gasteiger partial charge in [0.05, 0.1) is 25.3 Å². The summed E-state index contributed by atoms with van der Waals surface area (Å²) in [7, 11) is 0. The van der Waals surface area contributed by atoms with Gasteiger partial charge in [0.15, 0.2) is 0 Å². The Bertz CT molecular complexity index is 1610. The van der Waals surface area contributed by atoms with E-state index in [2.05, 4.69) is 21.3 Å². The molecule has 4 N–H and O–H groups in total. The van der Waals surface area contributed by atoms with Gasteiger partial charge in [-0.05, 0) is 63.1 Å². The van der Waals surface area contributed by atoms with Crippen molar-refractivity contribution in [3.8, 4) is 11.5 Å².